The Labute approximate surface area is 124 Å². The molecule has 2 unspecified atom stereocenters. The van der Waals surface area contributed by atoms with Gasteiger partial charge in [-0.2, -0.15) is 0 Å². The Balaban J connectivity index is 1.90. The molecule has 1 aromatic carbocycles. The van der Waals surface area contributed by atoms with Crippen LogP contribution in [0.2, 0.25) is 0 Å². The molecule has 3 rings (SSSR count). The van der Waals surface area contributed by atoms with Crippen molar-refractivity contribution < 1.29 is 5.11 Å². The molecular weight excluding hydrogens is 266 g/mol. The number of aryl methyl sites for hydroxylation is 3. The molecule has 0 amide bonds. The lowest BCUT2D eigenvalue weighted by Gasteiger charge is -2.22. The molecule has 0 fully saturated rings. The van der Waals surface area contributed by atoms with Crippen molar-refractivity contribution >= 4 is 11.3 Å². The van der Waals surface area contributed by atoms with Crippen LogP contribution in [0.25, 0.3) is 0 Å². The lowest BCUT2D eigenvalue weighted by atomic mass is 9.89. The van der Waals surface area contributed by atoms with Crippen molar-refractivity contribution in [3.8, 4) is 0 Å². The van der Waals surface area contributed by atoms with E-state index in [9.17, 15) is 5.11 Å². The van der Waals surface area contributed by atoms with Gasteiger partial charge in [0.15, 0.2) is 0 Å². The number of fused-ring (bicyclic) bond motifs is 1. The van der Waals surface area contributed by atoms with Crippen LogP contribution in [-0.4, -0.2) is 11.7 Å². The molecule has 0 aliphatic heterocycles. The summed E-state index contributed by atoms with van der Waals surface area (Å²) < 4.78 is 0. The molecule has 20 heavy (non-hydrogen) atoms. The zero-order valence-electron chi connectivity index (χ0n) is 11.8. The second kappa shape index (κ2) is 5.68. The van der Waals surface area contributed by atoms with Gasteiger partial charge in [0.1, 0.15) is 0 Å². The first-order chi connectivity index (χ1) is 9.70. The van der Waals surface area contributed by atoms with Crippen molar-refractivity contribution in [1.29, 1.82) is 0 Å². The van der Waals surface area contributed by atoms with Gasteiger partial charge in [-0.05, 0) is 48.9 Å². The molecule has 1 aromatic heterocycles. The van der Waals surface area contributed by atoms with Gasteiger partial charge in [0, 0.05) is 22.2 Å². The Morgan fingerprint density at radius 2 is 2.10 bits per heavy atom. The minimum absolute atomic E-state index is 0.0185. The summed E-state index contributed by atoms with van der Waals surface area (Å²) in [5.74, 6) is -0.0185. The van der Waals surface area contributed by atoms with E-state index in [-0.39, 0.29) is 5.92 Å². The fraction of sp³-hybridized carbons (Fsp3) is 0.412. The molecule has 0 radical (unpaired) electrons. The molecule has 0 saturated heterocycles. The van der Waals surface area contributed by atoms with Crippen molar-refractivity contribution in [2.75, 3.05) is 6.54 Å². The second-order valence-corrected chi connectivity index (χ2v) is 6.76. The summed E-state index contributed by atoms with van der Waals surface area (Å²) in [6, 6.07) is 10.4. The fourth-order valence-electron chi connectivity index (χ4n) is 3.12. The van der Waals surface area contributed by atoms with Gasteiger partial charge < -0.3 is 10.8 Å². The Morgan fingerprint density at radius 1 is 1.30 bits per heavy atom. The van der Waals surface area contributed by atoms with E-state index in [2.05, 4.69) is 25.1 Å². The zero-order valence-corrected chi connectivity index (χ0v) is 12.6. The van der Waals surface area contributed by atoms with E-state index in [1.54, 1.807) is 11.3 Å². The normalized spacial score (nSPS) is 16.9. The third-order valence-electron chi connectivity index (χ3n) is 4.28. The number of aliphatic hydroxyl groups is 1. The number of hydrogen-bond acceptors (Lipinski definition) is 3. The molecular formula is C17H21NOS. The van der Waals surface area contributed by atoms with Crippen LogP contribution in [0.4, 0.5) is 0 Å². The van der Waals surface area contributed by atoms with E-state index < -0.39 is 6.10 Å². The molecule has 3 heteroatoms. The number of rotatable bonds is 4. The highest BCUT2D eigenvalue weighted by atomic mass is 32.1. The predicted octanol–water partition coefficient (Wildman–Crippen LogP) is 3.32. The highest BCUT2D eigenvalue weighted by Crippen LogP contribution is 2.39. The maximum absolute atomic E-state index is 10.7. The van der Waals surface area contributed by atoms with Crippen molar-refractivity contribution in [3.05, 3.63) is 56.8 Å². The highest BCUT2D eigenvalue weighted by molar-refractivity contribution is 7.12. The van der Waals surface area contributed by atoms with Gasteiger partial charge in [-0.1, -0.05) is 24.3 Å². The summed E-state index contributed by atoms with van der Waals surface area (Å²) in [5.41, 5.74) is 9.75. The Bertz CT molecular complexity index is 583. The Morgan fingerprint density at radius 3 is 2.80 bits per heavy atom. The van der Waals surface area contributed by atoms with Crippen LogP contribution >= 0.6 is 11.3 Å². The molecule has 0 spiro atoms. The number of thiophene rings is 1. The monoisotopic (exact) mass is 287 g/mol. The van der Waals surface area contributed by atoms with Crippen LogP contribution in [0.15, 0.2) is 30.3 Å². The Kier molecular flexibility index (Phi) is 3.92. The van der Waals surface area contributed by atoms with Gasteiger partial charge in [0.25, 0.3) is 0 Å². The minimum atomic E-state index is -0.489. The van der Waals surface area contributed by atoms with E-state index >= 15 is 0 Å². The molecule has 0 bridgehead atoms. The SMILES string of the molecule is Cc1ccccc1C(CN)C(O)c1cc2c(s1)CCC2. The first-order valence-corrected chi connectivity index (χ1v) is 8.07. The predicted molar refractivity (Wildman–Crippen MR) is 84.3 cm³/mol. The number of nitrogens with two attached hydrogens (primary N) is 1. The number of benzene rings is 1. The van der Waals surface area contributed by atoms with Crippen molar-refractivity contribution in [3.63, 3.8) is 0 Å². The van der Waals surface area contributed by atoms with Gasteiger partial charge in [0.05, 0.1) is 6.10 Å². The lowest BCUT2D eigenvalue weighted by molar-refractivity contribution is 0.151. The molecule has 2 aromatic rings. The summed E-state index contributed by atoms with van der Waals surface area (Å²) in [7, 11) is 0. The van der Waals surface area contributed by atoms with Crippen LogP contribution in [0.3, 0.4) is 0 Å². The zero-order chi connectivity index (χ0) is 14.1. The number of aliphatic hydroxyl groups excluding tert-OH is 1. The van der Waals surface area contributed by atoms with E-state index in [1.807, 2.05) is 12.1 Å². The maximum atomic E-state index is 10.7. The van der Waals surface area contributed by atoms with Crippen LogP contribution in [0.1, 0.15) is 44.9 Å². The summed E-state index contributed by atoms with van der Waals surface area (Å²) in [6.45, 7) is 2.55. The molecule has 2 atom stereocenters. The van der Waals surface area contributed by atoms with E-state index in [0.29, 0.717) is 6.54 Å². The molecule has 0 saturated carbocycles. The van der Waals surface area contributed by atoms with Gasteiger partial charge in [0.2, 0.25) is 0 Å². The minimum Gasteiger partial charge on any atom is -0.387 e. The van der Waals surface area contributed by atoms with Crippen LogP contribution in [0.5, 0.6) is 0 Å². The van der Waals surface area contributed by atoms with Gasteiger partial charge in [-0.25, -0.2) is 0 Å². The lowest BCUT2D eigenvalue weighted by Crippen LogP contribution is -2.20. The van der Waals surface area contributed by atoms with Crippen LogP contribution < -0.4 is 5.73 Å². The standard InChI is InChI=1S/C17H21NOS/c1-11-5-2-3-7-13(11)14(10-18)17(19)16-9-12-6-4-8-15(12)20-16/h2-3,5,7,9,14,17,19H,4,6,8,10,18H2,1H3. The average molecular weight is 287 g/mol. The average Bonchev–Trinajstić information content (AvgIpc) is 3.02. The molecule has 1 aliphatic rings. The van der Waals surface area contributed by atoms with Crippen molar-refractivity contribution in [1.82, 2.24) is 0 Å². The highest BCUT2D eigenvalue weighted by Gasteiger charge is 2.26. The molecule has 106 valence electrons. The van der Waals surface area contributed by atoms with Crippen LogP contribution in [-0.2, 0) is 12.8 Å². The summed E-state index contributed by atoms with van der Waals surface area (Å²) in [6.07, 6.45) is 3.10. The van der Waals surface area contributed by atoms with Crippen molar-refractivity contribution in [2.24, 2.45) is 5.73 Å². The van der Waals surface area contributed by atoms with Crippen molar-refractivity contribution in [2.45, 2.75) is 38.2 Å². The second-order valence-electron chi connectivity index (χ2n) is 5.59. The fourth-order valence-corrected chi connectivity index (χ4v) is 4.43. The molecule has 1 heterocycles. The quantitative estimate of drug-likeness (QED) is 0.906. The van der Waals surface area contributed by atoms with E-state index in [4.69, 9.17) is 5.73 Å². The summed E-state index contributed by atoms with van der Waals surface area (Å²) in [5, 5.41) is 10.7. The first-order valence-electron chi connectivity index (χ1n) is 7.26. The van der Waals surface area contributed by atoms with Crippen LogP contribution in [0, 0.1) is 6.92 Å². The largest absolute Gasteiger partial charge is 0.387 e. The smallest absolute Gasteiger partial charge is 0.0962 e. The molecule has 1 aliphatic carbocycles. The van der Waals surface area contributed by atoms with E-state index in [0.717, 1.165) is 16.9 Å². The van der Waals surface area contributed by atoms with Gasteiger partial charge >= 0.3 is 0 Å². The van der Waals surface area contributed by atoms with Gasteiger partial charge in [-0.3, -0.25) is 0 Å². The number of hydrogen-bond donors (Lipinski definition) is 2. The van der Waals surface area contributed by atoms with E-state index in [1.165, 1.54) is 28.8 Å². The molecule has 3 N–H and O–H groups in total. The third-order valence-corrected chi connectivity index (χ3v) is 5.59. The van der Waals surface area contributed by atoms with Gasteiger partial charge in [-0.15, -0.1) is 11.3 Å². The maximum Gasteiger partial charge on any atom is 0.0962 e. The third kappa shape index (κ3) is 2.41. The Hall–Kier alpha value is -1.16. The molecule has 2 nitrogen and oxygen atoms in total. The summed E-state index contributed by atoms with van der Waals surface area (Å²) in [4.78, 5) is 2.54. The topological polar surface area (TPSA) is 46.2 Å². The first kappa shape index (κ1) is 13.8. The summed E-state index contributed by atoms with van der Waals surface area (Å²) >= 11 is 1.77.